The maximum atomic E-state index is 11.7. The van der Waals surface area contributed by atoms with Gasteiger partial charge in [0.05, 0.1) is 0 Å². The van der Waals surface area contributed by atoms with Crippen LogP contribution in [0, 0.1) is 0 Å². The van der Waals surface area contributed by atoms with E-state index >= 15 is 0 Å². The quantitative estimate of drug-likeness (QED) is 0.787. The van der Waals surface area contributed by atoms with E-state index in [1.165, 1.54) is 63.4 Å². The minimum absolute atomic E-state index is 0.349. The van der Waals surface area contributed by atoms with Crippen LogP contribution in [-0.2, 0) is 4.79 Å². The average Bonchev–Trinajstić information content (AvgIpc) is 2.63. The number of carboxylic acid groups (broad SMARTS) is 1. The Bertz CT molecular complexity index is 519. The van der Waals surface area contributed by atoms with E-state index in [2.05, 4.69) is 4.90 Å². The van der Waals surface area contributed by atoms with Gasteiger partial charge in [-0.2, -0.15) is 0 Å². The van der Waals surface area contributed by atoms with Crippen LogP contribution in [0.3, 0.4) is 0 Å². The fraction of sp³-hybridized carbons (Fsp3) is 0.632. The Labute approximate surface area is 148 Å². The van der Waals surface area contributed by atoms with Crippen LogP contribution in [0.25, 0.3) is 0 Å². The number of para-hydroxylation sites is 1. The van der Waals surface area contributed by atoms with Gasteiger partial charge in [-0.15, -0.1) is 11.8 Å². The van der Waals surface area contributed by atoms with E-state index < -0.39 is 11.4 Å². The molecule has 1 aromatic rings. The first kappa shape index (κ1) is 17.6. The highest BCUT2D eigenvalue weighted by Crippen LogP contribution is 2.36. The minimum Gasteiger partial charge on any atom is -0.478 e. The zero-order valence-corrected chi connectivity index (χ0v) is 14.9. The van der Waals surface area contributed by atoms with Gasteiger partial charge in [-0.25, -0.2) is 4.79 Å². The van der Waals surface area contributed by atoms with Crippen LogP contribution in [0.4, 0.5) is 0 Å². The van der Waals surface area contributed by atoms with E-state index in [4.69, 9.17) is 4.74 Å². The number of rotatable bonds is 6. The molecule has 3 rings (SSSR count). The molecule has 1 saturated carbocycles. The summed E-state index contributed by atoms with van der Waals surface area (Å²) in [7, 11) is 0. The molecule has 0 radical (unpaired) electrons. The van der Waals surface area contributed by atoms with Gasteiger partial charge < -0.3 is 9.84 Å². The Balaban J connectivity index is 1.66. The highest BCUT2D eigenvalue weighted by molar-refractivity contribution is 8.01. The third-order valence-electron chi connectivity index (χ3n) is 5.01. The molecule has 2 aliphatic rings. The van der Waals surface area contributed by atoms with Crippen LogP contribution in [0.2, 0.25) is 0 Å². The molecule has 24 heavy (non-hydrogen) atoms. The Kier molecular flexibility index (Phi) is 6.44. The van der Waals surface area contributed by atoms with Gasteiger partial charge in [-0.1, -0.05) is 37.5 Å². The molecule has 1 heterocycles. The molecule has 2 fully saturated rings. The van der Waals surface area contributed by atoms with E-state index in [0.717, 1.165) is 6.42 Å². The standard InChI is InChI=1S/C19H27NO3S/c21-18(22)19(23-15-9-3-1-4-10-15)24-17-12-6-5-11-16(17)20-13-7-2-8-14-20/h1,3-4,9-10,16-17,19H,2,5-8,11-14H2,(H,21,22)/t16-,17-,19?/m1/s1. The van der Waals surface area contributed by atoms with Crippen molar-refractivity contribution in [2.45, 2.75) is 61.7 Å². The monoisotopic (exact) mass is 349 g/mol. The Morgan fingerprint density at radius 3 is 2.50 bits per heavy atom. The molecule has 1 N–H and O–H groups in total. The first-order chi connectivity index (χ1) is 11.7. The van der Waals surface area contributed by atoms with Gasteiger partial charge in [0.1, 0.15) is 5.75 Å². The largest absolute Gasteiger partial charge is 0.478 e. The van der Waals surface area contributed by atoms with Crippen LogP contribution in [0.15, 0.2) is 30.3 Å². The number of thioether (sulfide) groups is 1. The van der Waals surface area contributed by atoms with Crippen molar-refractivity contribution >= 4 is 17.7 Å². The van der Waals surface area contributed by atoms with Crippen LogP contribution in [0.1, 0.15) is 44.9 Å². The fourth-order valence-corrected chi connectivity index (χ4v) is 5.21. The van der Waals surface area contributed by atoms with Crippen LogP contribution < -0.4 is 4.74 Å². The van der Waals surface area contributed by atoms with Gasteiger partial charge in [0, 0.05) is 11.3 Å². The third kappa shape index (κ3) is 4.67. The molecule has 1 aliphatic carbocycles. The number of likely N-dealkylation sites (tertiary alicyclic amines) is 1. The van der Waals surface area contributed by atoms with Crippen LogP contribution in [0.5, 0.6) is 5.75 Å². The second kappa shape index (κ2) is 8.77. The SMILES string of the molecule is O=C(O)C(Oc1ccccc1)S[C@@H]1CCCC[C@H]1N1CCCCC1. The van der Waals surface area contributed by atoms with E-state index in [9.17, 15) is 9.90 Å². The van der Waals surface area contributed by atoms with Crippen molar-refractivity contribution in [1.29, 1.82) is 0 Å². The van der Waals surface area contributed by atoms with Crippen molar-refractivity contribution in [3.63, 3.8) is 0 Å². The highest BCUT2D eigenvalue weighted by atomic mass is 32.2. The van der Waals surface area contributed by atoms with Crippen LogP contribution >= 0.6 is 11.8 Å². The Morgan fingerprint density at radius 1 is 1.08 bits per heavy atom. The molecule has 1 saturated heterocycles. The van der Waals surface area contributed by atoms with Gasteiger partial charge in [0.25, 0.3) is 0 Å². The molecule has 3 atom stereocenters. The number of carbonyl (C=O) groups is 1. The van der Waals surface area contributed by atoms with Crippen molar-refractivity contribution in [2.24, 2.45) is 0 Å². The summed E-state index contributed by atoms with van der Waals surface area (Å²) in [6, 6.07) is 9.79. The van der Waals surface area contributed by atoms with Crippen molar-refractivity contribution in [1.82, 2.24) is 4.90 Å². The number of piperidine rings is 1. The lowest BCUT2D eigenvalue weighted by molar-refractivity contribution is -0.140. The number of benzene rings is 1. The molecular weight excluding hydrogens is 322 g/mol. The lowest BCUT2D eigenvalue weighted by atomic mass is 9.92. The summed E-state index contributed by atoms with van der Waals surface area (Å²) in [5, 5.41) is 9.95. The molecule has 1 unspecified atom stereocenters. The van der Waals surface area contributed by atoms with Crippen molar-refractivity contribution in [3.8, 4) is 5.75 Å². The Morgan fingerprint density at radius 2 is 1.79 bits per heavy atom. The minimum atomic E-state index is -0.883. The molecule has 0 amide bonds. The smallest absolute Gasteiger partial charge is 0.355 e. The summed E-state index contributed by atoms with van der Waals surface area (Å²) >= 11 is 1.51. The van der Waals surface area contributed by atoms with E-state index in [-0.39, 0.29) is 0 Å². The highest BCUT2D eigenvalue weighted by Gasteiger charge is 2.35. The summed E-state index contributed by atoms with van der Waals surface area (Å²) in [5.74, 6) is -0.255. The van der Waals surface area contributed by atoms with Crippen molar-refractivity contribution in [2.75, 3.05) is 13.1 Å². The third-order valence-corrected chi connectivity index (χ3v) is 6.46. The first-order valence-corrected chi connectivity index (χ1v) is 10.0. The number of carboxylic acids is 1. The molecular formula is C19H27NO3S. The topological polar surface area (TPSA) is 49.8 Å². The summed E-state index contributed by atoms with van der Waals surface area (Å²) < 4.78 is 5.76. The number of hydrogen-bond donors (Lipinski definition) is 1. The first-order valence-electron chi connectivity index (χ1n) is 9.08. The fourth-order valence-electron chi connectivity index (χ4n) is 3.82. The number of aliphatic carboxylic acids is 1. The molecule has 0 bridgehead atoms. The lowest BCUT2D eigenvalue weighted by Crippen LogP contribution is -2.47. The summed E-state index contributed by atoms with van der Waals surface area (Å²) in [6.07, 6.45) is 8.61. The predicted octanol–water partition coefficient (Wildman–Crippen LogP) is 4.01. The van der Waals surface area contributed by atoms with Gasteiger partial charge in [-0.05, 0) is 50.9 Å². The number of hydrogen-bond acceptors (Lipinski definition) is 4. The van der Waals surface area contributed by atoms with Crippen LogP contribution in [-0.4, -0.2) is 45.8 Å². The lowest BCUT2D eigenvalue weighted by Gasteiger charge is -2.42. The number of nitrogens with zero attached hydrogens (tertiary/aromatic N) is 1. The average molecular weight is 349 g/mol. The summed E-state index contributed by atoms with van der Waals surface area (Å²) in [6.45, 7) is 2.33. The summed E-state index contributed by atoms with van der Waals surface area (Å²) in [4.78, 5) is 14.3. The van der Waals surface area contributed by atoms with Gasteiger partial charge in [0.15, 0.2) is 0 Å². The maximum absolute atomic E-state index is 11.7. The maximum Gasteiger partial charge on any atom is 0.355 e. The molecule has 0 spiro atoms. The Hall–Kier alpha value is -1.20. The van der Waals surface area contributed by atoms with Gasteiger partial charge >= 0.3 is 5.97 Å². The normalized spacial score (nSPS) is 26.7. The van der Waals surface area contributed by atoms with Crippen molar-refractivity contribution in [3.05, 3.63) is 30.3 Å². The molecule has 0 aromatic heterocycles. The second-order valence-corrected chi connectivity index (χ2v) is 8.03. The second-order valence-electron chi connectivity index (χ2n) is 6.72. The van der Waals surface area contributed by atoms with Gasteiger partial charge in [-0.3, -0.25) is 4.90 Å². The van der Waals surface area contributed by atoms with E-state index in [1.807, 2.05) is 30.3 Å². The van der Waals surface area contributed by atoms with E-state index in [1.54, 1.807) is 0 Å². The molecule has 5 heteroatoms. The molecule has 4 nitrogen and oxygen atoms in total. The molecule has 1 aromatic carbocycles. The number of ether oxygens (including phenoxy) is 1. The van der Waals surface area contributed by atoms with Crippen molar-refractivity contribution < 1.29 is 14.6 Å². The van der Waals surface area contributed by atoms with E-state index in [0.29, 0.717) is 17.0 Å². The molecule has 132 valence electrons. The van der Waals surface area contributed by atoms with Gasteiger partial charge in [0.2, 0.25) is 5.44 Å². The predicted molar refractivity (Wildman–Crippen MR) is 97.6 cm³/mol. The summed E-state index contributed by atoms with van der Waals surface area (Å²) in [5.41, 5.74) is -0.831. The zero-order chi connectivity index (χ0) is 16.8. The zero-order valence-electron chi connectivity index (χ0n) is 14.1. The molecule has 1 aliphatic heterocycles.